The summed E-state index contributed by atoms with van der Waals surface area (Å²) in [5.74, 6) is 0.259. The average molecular weight is 249 g/mol. The molecule has 0 bridgehead atoms. The van der Waals surface area contributed by atoms with E-state index >= 15 is 0 Å². The topological polar surface area (TPSA) is 41.6 Å². The highest BCUT2D eigenvalue weighted by atomic mass is 35.5. The van der Waals surface area contributed by atoms with Gasteiger partial charge in [0.15, 0.2) is 0 Å². The first kappa shape index (κ1) is 13.7. The second-order valence-corrected chi connectivity index (χ2v) is 4.65. The van der Waals surface area contributed by atoms with Crippen molar-refractivity contribution in [1.82, 2.24) is 10.2 Å². The maximum absolute atomic E-state index is 12.1. The number of carbonyl (C=O) groups is 1. The number of nitrogens with zero attached hydrogens (tertiary/aromatic N) is 1. The van der Waals surface area contributed by atoms with Crippen LogP contribution in [0.1, 0.15) is 26.7 Å². The molecule has 5 heteroatoms. The molecule has 1 amide bonds. The van der Waals surface area contributed by atoms with Gasteiger partial charge in [0, 0.05) is 13.1 Å². The number of ether oxygens (including phenoxy) is 1. The number of morpholine rings is 1. The number of halogens is 1. The predicted molar refractivity (Wildman–Crippen MR) is 64.9 cm³/mol. The van der Waals surface area contributed by atoms with Crippen molar-refractivity contribution in [3.05, 3.63) is 0 Å². The largest absolute Gasteiger partial charge is 0.372 e. The Morgan fingerprint density at radius 3 is 2.44 bits per heavy atom. The SMILES string of the molecule is CC1CN(C(=O)C2CCCN2)CC(C)O1.Cl. The van der Waals surface area contributed by atoms with Gasteiger partial charge in [0.2, 0.25) is 5.91 Å². The van der Waals surface area contributed by atoms with Crippen molar-refractivity contribution >= 4 is 18.3 Å². The van der Waals surface area contributed by atoms with E-state index in [-0.39, 0.29) is 36.6 Å². The van der Waals surface area contributed by atoms with Crippen molar-refractivity contribution in [3.8, 4) is 0 Å². The molecule has 0 spiro atoms. The van der Waals surface area contributed by atoms with E-state index < -0.39 is 0 Å². The summed E-state index contributed by atoms with van der Waals surface area (Å²) in [6.45, 7) is 6.50. The molecule has 3 unspecified atom stereocenters. The van der Waals surface area contributed by atoms with Crippen molar-refractivity contribution in [2.24, 2.45) is 0 Å². The first-order chi connectivity index (χ1) is 7.16. The summed E-state index contributed by atoms with van der Waals surface area (Å²) in [7, 11) is 0. The molecule has 0 aromatic carbocycles. The number of hydrogen-bond acceptors (Lipinski definition) is 3. The molecule has 0 radical (unpaired) electrons. The van der Waals surface area contributed by atoms with E-state index in [1.807, 2.05) is 18.7 Å². The van der Waals surface area contributed by atoms with Crippen molar-refractivity contribution in [3.63, 3.8) is 0 Å². The van der Waals surface area contributed by atoms with Crippen LogP contribution in [-0.4, -0.2) is 48.7 Å². The standard InChI is InChI=1S/C11H20N2O2.ClH/c1-8-6-13(7-9(2)15-8)11(14)10-4-3-5-12-10;/h8-10,12H,3-7H2,1-2H3;1H. The Balaban J connectivity index is 0.00000128. The van der Waals surface area contributed by atoms with Crippen LogP contribution in [0.25, 0.3) is 0 Å². The van der Waals surface area contributed by atoms with Crippen molar-refractivity contribution in [2.75, 3.05) is 19.6 Å². The van der Waals surface area contributed by atoms with Gasteiger partial charge in [0.1, 0.15) is 0 Å². The smallest absolute Gasteiger partial charge is 0.239 e. The molecule has 3 atom stereocenters. The van der Waals surface area contributed by atoms with Crippen molar-refractivity contribution in [2.45, 2.75) is 44.9 Å². The highest BCUT2D eigenvalue weighted by Crippen LogP contribution is 2.15. The van der Waals surface area contributed by atoms with E-state index in [2.05, 4.69) is 5.32 Å². The first-order valence-electron chi connectivity index (χ1n) is 5.84. The van der Waals surface area contributed by atoms with Crippen LogP contribution in [0.15, 0.2) is 0 Å². The molecule has 16 heavy (non-hydrogen) atoms. The van der Waals surface area contributed by atoms with E-state index in [0.717, 1.165) is 32.5 Å². The molecule has 2 fully saturated rings. The molecular weight excluding hydrogens is 228 g/mol. The highest BCUT2D eigenvalue weighted by Gasteiger charge is 2.31. The number of rotatable bonds is 1. The Bertz CT molecular complexity index is 234. The minimum Gasteiger partial charge on any atom is -0.372 e. The maximum Gasteiger partial charge on any atom is 0.239 e. The fraction of sp³-hybridized carbons (Fsp3) is 0.909. The molecule has 0 aromatic rings. The van der Waals surface area contributed by atoms with Crippen molar-refractivity contribution in [1.29, 1.82) is 0 Å². The molecule has 4 nitrogen and oxygen atoms in total. The van der Waals surface area contributed by atoms with Gasteiger partial charge in [-0.3, -0.25) is 4.79 Å². The molecule has 0 aliphatic carbocycles. The lowest BCUT2D eigenvalue weighted by Gasteiger charge is -2.36. The van der Waals surface area contributed by atoms with Gasteiger partial charge < -0.3 is 15.0 Å². The summed E-state index contributed by atoms with van der Waals surface area (Å²) >= 11 is 0. The van der Waals surface area contributed by atoms with Crippen LogP contribution in [0.5, 0.6) is 0 Å². The summed E-state index contributed by atoms with van der Waals surface area (Å²) in [4.78, 5) is 14.0. The first-order valence-corrected chi connectivity index (χ1v) is 5.84. The van der Waals surface area contributed by atoms with Gasteiger partial charge in [-0.05, 0) is 33.2 Å². The summed E-state index contributed by atoms with van der Waals surface area (Å²) in [6, 6.07) is 0.0579. The Morgan fingerprint density at radius 1 is 1.31 bits per heavy atom. The molecule has 2 heterocycles. The lowest BCUT2D eigenvalue weighted by Crippen LogP contribution is -2.53. The summed E-state index contributed by atoms with van der Waals surface area (Å²) in [6.07, 6.45) is 2.43. The van der Waals surface area contributed by atoms with Crippen LogP contribution in [0.3, 0.4) is 0 Å². The average Bonchev–Trinajstić information content (AvgIpc) is 2.67. The molecule has 0 aromatic heterocycles. The van der Waals surface area contributed by atoms with Crippen LogP contribution in [-0.2, 0) is 9.53 Å². The van der Waals surface area contributed by atoms with Gasteiger partial charge in [-0.25, -0.2) is 0 Å². The van der Waals surface area contributed by atoms with E-state index in [0.29, 0.717) is 0 Å². The molecule has 2 aliphatic rings. The second kappa shape index (κ2) is 5.84. The number of nitrogens with one attached hydrogen (secondary N) is 1. The van der Waals surface area contributed by atoms with Crippen LogP contribution >= 0.6 is 12.4 Å². The van der Waals surface area contributed by atoms with Gasteiger partial charge in [0.05, 0.1) is 18.2 Å². The van der Waals surface area contributed by atoms with E-state index in [1.165, 1.54) is 0 Å². The van der Waals surface area contributed by atoms with Gasteiger partial charge in [-0.15, -0.1) is 12.4 Å². The normalized spacial score (nSPS) is 34.6. The van der Waals surface area contributed by atoms with Crippen LogP contribution < -0.4 is 5.32 Å². The van der Waals surface area contributed by atoms with E-state index in [4.69, 9.17) is 4.74 Å². The molecule has 94 valence electrons. The Kier molecular flexibility index (Phi) is 5.02. The third-order valence-corrected chi connectivity index (χ3v) is 3.09. The summed E-state index contributed by atoms with van der Waals surface area (Å²) in [5.41, 5.74) is 0. The summed E-state index contributed by atoms with van der Waals surface area (Å²) < 4.78 is 5.61. The lowest BCUT2D eigenvalue weighted by molar-refractivity contribution is -0.145. The number of carbonyl (C=O) groups excluding carboxylic acids is 1. The Labute approximate surface area is 103 Å². The zero-order chi connectivity index (χ0) is 10.8. The van der Waals surface area contributed by atoms with Gasteiger partial charge in [0.25, 0.3) is 0 Å². The minimum absolute atomic E-state index is 0. The van der Waals surface area contributed by atoms with Crippen LogP contribution in [0.4, 0.5) is 0 Å². The van der Waals surface area contributed by atoms with Crippen LogP contribution in [0, 0.1) is 0 Å². The molecule has 0 saturated carbocycles. The Morgan fingerprint density at radius 2 is 1.94 bits per heavy atom. The van der Waals surface area contributed by atoms with Gasteiger partial charge in [-0.2, -0.15) is 0 Å². The molecular formula is C11H21ClN2O2. The zero-order valence-corrected chi connectivity index (χ0v) is 10.8. The monoisotopic (exact) mass is 248 g/mol. The second-order valence-electron chi connectivity index (χ2n) is 4.65. The number of amides is 1. The fourth-order valence-corrected chi connectivity index (χ4v) is 2.47. The van der Waals surface area contributed by atoms with Gasteiger partial charge in [-0.1, -0.05) is 0 Å². The Hall–Kier alpha value is -0.320. The molecule has 2 rings (SSSR count). The van der Waals surface area contributed by atoms with E-state index in [1.54, 1.807) is 0 Å². The van der Waals surface area contributed by atoms with Gasteiger partial charge >= 0.3 is 0 Å². The molecule has 2 aliphatic heterocycles. The fourth-order valence-electron chi connectivity index (χ4n) is 2.47. The quantitative estimate of drug-likeness (QED) is 0.746. The zero-order valence-electron chi connectivity index (χ0n) is 9.94. The van der Waals surface area contributed by atoms with Crippen molar-refractivity contribution < 1.29 is 9.53 Å². The highest BCUT2D eigenvalue weighted by molar-refractivity contribution is 5.85. The maximum atomic E-state index is 12.1. The van der Waals surface area contributed by atoms with Crippen LogP contribution in [0.2, 0.25) is 0 Å². The molecule has 1 N–H and O–H groups in total. The minimum atomic E-state index is 0. The lowest BCUT2D eigenvalue weighted by atomic mass is 10.1. The van der Waals surface area contributed by atoms with E-state index in [9.17, 15) is 4.79 Å². The predicted octanol–water partition coefficient (Wildman–Crippen LogP) is 0.796. The number of hydrogen-bond donors (Lipinski definition) is 1. The third-order valence-electron chi connectivity index (χ3n) is 3.09. The summed E-state index contributed by atoms with van der Waals surface area (Å²) in [5, 5.41) is 3.25. The third kappa shape index (κ3) is 3.09. The molecule has 2 saturated heterocycles.